The highest BCUT2D eigenvalue weighted by Gasteiger charge is 2.25. The Morgan fingerprint density at radius 2 is 1.94 bits per heavy atom. The van der Waals surface area contributed by atoms with E-state index in [1.54, 1.807) is 13.0 Å². The van der Waals surface area contributed by atoms with Gasteiger partial charge in [0, 0.05) is 14.2 Å². The molecule has 0 saturated heterocycles. The Balaban J connectivity index is 2.88. The van der Waals surface area contributed by atoms with E-state index in [1.807, 2.05) is 6.92 Å². The first-order valence-corrected chi connectivity index (χ1v) is 8.25. The van der Waals surface area contributed by atoms with Crippen molar-refractivity contribution in [3.8, 4) is 0 Å². The third-order valence-electron chi connectivity index (χ3n) is 2.31. The van der Waals surface area contributed by atoms with Gasteiger partial charge >= 0.3 is 0 Å². The second-order valence-corrected chi connectivity index (χ2v) is 8.08. The largest absolute Gasteiger partial charge is 0.354 e. The summed E-state index contributed by atoms with van der Waals surface area (Å²) in [7, 11) is -0.622. The van der Waals surface area contributed by atoms with Crippen molar-refractivity contribution in [3.63, 3.8) is 0 Å². The summed E-state index contributed by atoms with van der Waals surface area (Å²) in [6.45, 7) is 3.53. The molecule has 1 rings (SSSR count). The van der Waals surface area contributed by atoms with E-state index in [-0.39, 0.29) is 4.21 Å². The molecule has 0 aromatic carbocycles. The summed E-state index contributed by atoms with van der Waals surface area (Å²) in [5, 5.41) is 0. The minimum absolute atomic E-state index is 0.268. The average molecular weight is 358 g/mol. The number of methoxy groups -OCH3 is 2. The van der Waals surface area contributed by atoms with Crippen LogP contribution in [0.25, 0.3) is 0 Å². The fraction of sp³-hybridized carbons (Fsp3) is 0.600. The predicted octanol–water partition coefficient (Wildman–Crippen LogP) is 2.10. The molecule has 1 atom stereocenters. The first kappa shape index (κ1) is 16.1. The van der Waals surface area contributed by atoms with Crippen LogP contribution in [0.5, 0.6) is 0 Å². The summed E-state index contributed by atoms with van der Waals surface area (Å²) in [6.07, 6.45) is -0.621. The number of hydrogen-bond acceptors (Lipinski definition) is 5. The summed E-state index contributed by atoms with van der Waals surface area (Å²) >= 11 is 4.48. The summed E-state index contributed by atoms with van der Waals surface area (Å²) in [5.41, 5.74) is 0.892. The molecule has 0 bridgehead atoms. The van der Waals surface area contributed by atoms with Crippen molar-refractivity contribution in [1.29, 1.82) is 0 Å². The van der Waals surface area contributed by atoms with Gasteiger partial charge in [-0.25, -0.2) is 13.1 Å². The fourth-order valence-electron chi connectivity index (χ4n) is 1.43. The topological polar surface area (TPSA) is 64.6 Å². The van der Waals surface area contributed by atoms with Crippen LogP contribution in [-0.2, 0) is 19.5 Å². The quantitative estimate of drug-likeness (QED) is 0.791. The lowest BCUT2D eigenvalue weighted by molar-refractivity contribution is -0.115. The zero-order valence-corrected chi connectivity index (χ0v) is 13.8. The van der Waals surface area contributed by atoms with Gasteiger partial charge in [0.2, 0.25) is 0 Å². The number of ether oxygens (including phenoxy) is 2. The van der Waals surface area contributed by atoms with Crippen LogP contribution >= 0.6 is 27.3 Å². The zero-order chi connectivity index (χ0) is 13.9. The summed E-state index contributed by atoms with van der Waals surface area (Å²) in [5.74, 6) is 0. The molecule has 0 amide bonds. The Labute approximate surface area is 120 Å². The SMILES string of the molecule is COC(OC)C(C)NS(=O)(=O)c1cc(C)c(Br)s1. The van der Waals surface area contributed by atoms with Crippen LogP contribution in [-0.4, -0.2) is 35.0 Å². The van der Waals surface area contributed by atoms with Crippen LogP contribution in [0.3, 0.4) is 0 Å². The zero-order valence-electron chi connectivity index (χ0n) is 10.6. The van der Waals surface area contributed by atoms with Gasteiger partial charge in [-0.05, 0) is 41.4 Å². The molecule has 5 nitrogen and oxygen atoms in total. The molecular weight excluding hydrogens is 342 g/mol. The summed E-state index contributed by atoms with van der Waals surface area (Å²) in [4.78, 5) is 0. The van der Waals surface area contributed by atoms with E-state index >= 15 is 0 Å². The van der Waals surface area contributed by atoms with E-state index < -0.39 is 22.4 Å². The number of aryl methyl sites for hydroxylation is 1. The molecule has 0 aliphatic carbocycles. The van der Waals surface area contributed by atoms with Crippen LogP contribution in [0.4, 0.5) is 0 Å². The highest BCUT2D eigenvalue weighted by atomic mass is 79.9. The Bertz CT molecular complexity index is 476. The van der Waals surface area contributed by atoms with Crippen molar-refractivity contribution in [1.82, 2.24) is 4.72 Å². The first-order chi connectivity index (χ1) is 8.31. The molecule has 1 aromatic rings. The van der Waals surface area contributed by atoms with Gasteiger partial charge in [0.25, 0.3) is 10.0 Å². The number of nitrogens with one attached hydrogen (secondary N) is 1. The van der Waals surface area contributed by atoms with Crippen LogP contribution in [0.15, 0.2) is 14.1 Å². The van der Waals surface area contributed by atoms with Gasteiger partial charge in [-0.15, -0.1) is 11.3 Å². The smallest absolute Gasteiger partial charge is 0.250 e. The molecular formula is C10H16BrNO4S2. The standard InChI is InChI=1S/C10H16BrNO4S2/c1-6-5-8(17-9(6)11)18(13,14)12-7(2)10(15-3)16-4/h5,7,10,12H,1-4H3. The van der Waals surface area contributed by atoms with E-state index in [4.69, 9.17) is 9.47 Å². The van der Waals surface area contributed by atoms with E-state index in [0.717, 1.165) is 9.35 Å². The van der Waals surface area contributed by atoms with E-state index in [1.165, 1.54) is 25.6 Å². The number of sulfonamides is 1. The minimum atomic E-state index is -3.55. The van der Waals surface area contributed by atoms with Crippen molar-refractivity contribution in [2.75, 3.05) is 14.2 Å². The van der Waals surface area contributed by atoms with Gasteiger partial charge in [0.1, 0.15) is 4.21 Å². The Kier molecular flexibility index (Phi) is 5.75. The Hall–Kier alpha value is 0.01000. The summed E-state index contributed by atoms with van der Waals surface area (Å²) in [6, 6.07) is 1.14. The second kappa shape index (κ2) is 6.44. The van der Waals surface area contributed by atoms with Gasteiger partial charge in [0.05, 0.1) is 9.83 Å². The molecule has 1 N–H and O–H groups in total. The highest BCUT2D eigenvalue weighted by molar-refractivity contribution is 9.11. The van der Waals surface area contributed by atoms with Crippen molar-refractivity contribution >= 4 is 37.3 Å². The van der Waals surface area contributed by atoms with Gasteiger partial charge in [0.15, 0.2) is 6.29 Å². The van der Waals surface area contributed by atoms with Gasteiger partial charge in [-0.2, -0.15) is 0 Å². The van der Waals surface area contributed by atoms with Gasteiger partial charge in [-0.3, -0.25) is 0 Å². The van der Waals surface area contributed by atoms with Gasteiger partial charge < -0.3 is 9.47 Å². The third kappa shape index (κ3) is 3.75. The minimum Gasteiger partial charge on any atom is -0.354 e. The molecule has 0 aliphatic heterocycles. The Morgan fingerprint density at radius 1 is 1.39 bits per heavy atom. The van der Waals surface area contributed by atoms with Crippen molar-refractivity contribution < 1.29 is 17.9 Å². The second-order valence-electron chi connectivity index (χ2n) is 3.77. The maximum absolute atomic E-state index is 12.1. The maximum atomic E-state index is 12.1. The monoisotopic (exact) mass is 357 g/mol. The lowest BCUT2D eigenvalue weighted by Crippen LogP contribution is -2.42. The maximum Gasteiger partial charge on any atom is 0.250 e. The molecule has 0 fully saturated rings. The molecule has 0 spiro atoms. The lowest BCUT2D eigenvalue weighted by Gasteiger charge is -2.21. The van der Waals surface area contributed by atoms with Crippen LogP contribution in [0, 0.1) is 6.92 Å². The van der Waals surface area contributed by atoms with Crippen molar-refractivity contribution in [2.24, 2.45) is 0 Å². The van der Waals surface area contributed by atoms with E-state index in [0.29, 0.717) is 0 Å². The number of thiophene rings is 1. The highest BCUT2D eigenvalue weighted by Crippen LogP contribution is 2.30. The Morgan fingerprint density at radius 3 is 2.33 bits per heavy atom. The van der Waals surface area contributed by atoms with E-state index in [9.17, 15) is 8.42 Å². The number of rotatable bonds is 6. The lowest BCUT2D eigenvalue weighted by atomic mass is 10.3. The molecule has 1 aromatic heterocycles. The first-order valence-electron chi connectivity index (χ1n) is 5.15. The molecule has 1 heterocycles. The molecule has 18 heavy (non-hydrogen) atoms. The summed E-state index contributed by atoms with van der Waals surface area (Å²) < 4.78 is 37.9. The molecule has 0 aliphatic rings. The van der Waals surface area contributed by atoms with Crippen LogP contribution < -0.4 is 4.72 Å². The van der Waals surface area contributed by atoms with Crippen molar-refractivity contribution in [3.05, 3.63) is 15.4 Å². The number of hydrogen-bond donors (Lipinski definition) is 1. The van der Waals surface area contributed by atoms with Crippen molar-refractivity contribution in [2.45, 2.75) is 30.4 Å². The van der Waals surface area contributed by atoms with Crippen LogP contribution in [0.1, 0.15) is 12.5 Å². The predicted molar refractivity (Wildman–Crippen MR) is 74.3 cm³/mol. The average Bonchev–Trinajstić information content (AvgIpc) is 2.61. The molecule has 1 unspecified atom stereocenters. The third-order valence-corrected chi connectivity index (χ3v) is 6.48. The van der Waals surface area contributed by atoms with E-state index in [2.05, 4.69) is 20.7 Å². The fourth-order valence-corrected chi connectivity index (χ4v) is 4.90. The molecule has 0 saturated carbocycles. The number of halogens is 1. The molecule has 104 valence electrons. The molecule has 0 radical (unpaired) electrons. The van der Waals surface area contributed by atoms with Gasteiger partial charge in [-0.1, -0.05) is 0 Å². The normalized spacial score (nSPS) is 14.1. The molecule has 8 heteroatoms. The van der Waals surface area contributed by atoms with Crippen LogP contribution in [0.2, 0.25) is 0 Å².